The molecule has 26 valence electrons. The van der Waals surface area contributed by atoms with Gasteiger partial charge in [0.2, 0.25) is 0 Å². The van der Waals surface area contributed by atoms with Crippen LogP contribution in [0, 0.1) is 0 Å². The maximum Gasteiger partial charge on any atom is 0.149 e. The molecule has 0 nitrogen and oxygen atoms in total. The molecule has 0 saturated heterocycles. The van der Waals surface area contributed by atoms with E-state index in [9.17, 15) is 0 Å². The van der Waals surface area contributed by atoms with Crippen molar-refractivity contribution < 1.29 is 0 Å². The van der Waals surface area contributed by atoms with Gasteiger partial charge in [-0.15, -0.1) is 0 Å². The summed E-state index contributed by atoms with van der Waals surface area (Å²) in [5, 5.41) is 1.39. The average Bonchev–Trinajstić information content (AvgIpc) is 1.41. The van der Waals surface area contributed by atoms with Crippen molar-refractivity contribution in [3.63, 3.8) is 0 Å². The first-order valence-electron chi connectivity index (χ1n) is 1.74. The van der Waals surface area contributed by atoms with Crippen molar-refractivity contribution >= 4 is 44.9 Å². The van der Waals surface area contributed by atoms with E-state index in [1.54, 1.807) is 0 Å². The van der Waals surface area contributed by atoms with Crippen LogP contribution in [0.4, 0.5) is 0 Å². The van der Waals surface area contributed by atoms with Gasteiger partial charge >= 0.3 is 0 Å². The van der Waals surface area contributed by atoms with E-state index in [-0.39, 0.29) is 0 Å². The largest absolute Gasteiger partial charge is 0.198 e. The van der Waals surface area contributed by atoms with Gasteiger partial charge in [-0.1, -0.05) is 4.51 Å². The molecule has 0 aliphatic rings. The Bertz CT molecular complexity index is 28.1. The summed E-state index contributed by atoms with van der Waals surface area (Å²) in [6, 6.07) is 0. The van der Waals surface area contributed by atoms with Crippen LogP contribution in [0.5, 0.6) is 0 Å². The molecule has 0 aromatic rings. The van der Waals surface area contributed by atoms with Crippen LogP contribution < -0.4 is 0 Å². The van der Waals surface area contributed by atoms with E-state index in [1.165, 1.54) is 12.1 Å². The van der Waals surface area contributed by atoms with E-state index in [2.05, 4.69) is 12.3 Å². The van der Waals surface area contributed by atoms with Gasteiger partial charge < -0.3 is 0 Å². The lowest BCUT2D eigenvalue weighted by atomic mass is 9.40. The quantitative estimate of drug-likeness (QED) is 0.361. The van der Waals surface area contributed by atoms with Crippen LogP contribution in [0.15, 0.2) is 0 Å². The number of rotatable bonds is 2. The average molecular weight is 177 g/mol. The smallest absolute Gasteiger partial charge is 0.149 e. The third-order valence-corrected chi connectivity index (χ3v) is 2.16. The van der Waals surface area contributed by atoms with Crippen LogP contribution in [-0.4, -0.2) is 24.3 Å². The van der Waals surface area contributed by atoms with Gasteiger partial charge in [-0.25, -0.2) is 0 Å². The zero-order valence-electron chi connectivity index (χ0n) is 3.50. The Hall–Kier alpha value is 0.795. The van der Waals surface area contributed by atoms with Gasteiger partial charge in [0.25, 0.3) is 0 Å². The monoisotopic (exact) mass is 178 g/mol. The van der Waals surface area contributed by atoms with Gasteiger partial charge in [0.05, 0.1) is 14.8 Å². The molecule has 0 aliphatic heterocycles. The topological polar surface area (TPSA) is 0 Å². The Morgan fingerprint density at radius 2 is 2.40 bits per heavy atom. The van der Waals surface area contributed by atoms with Crippen molar-refractivity contribution in [3.05, 3.63) is 0 Å². The lowest BCUT2D eigenvalue weighted by molar-refractivity contribution is 4.31. The molecule has 0 rings (SSSR count). The molecule has 0 radical (unpaired) electrons. The molecule has 4 heteroatoms. The molecule has 5 heavy (non-hydrogen) atoms. The highest BCUT2D eigenvalue weighted by molar-refractivity contribution is 14.2. The fraction of sp³-hybridized carbons (Fsp3) is 0. The fourth-order valence-electron chi connectivity index (χ4n) is 0.134. The molecule has 0 spiro atoms. The van der Waals surface area contributed by atoms with E-state index in [4.69, 9.17) is 0 Å². The Kier molecular flexibility index (Phi) is 5.56. The van der Waals surface area contributed by atoms with Gasteiger partial charge in [-0.2, -0.15) is 20.5 Å². The lowest BCUT2D eigenvalue weighted by Crippen LogP contribution is -1.91. The van der Waals surface area contributed by atoms with Crippen molar-refractivity contribution in [2.75, 3.05) is 0 Å². The zero-order chi connectivity index (χ0) is 4.12. The van der Waals surface area contributed by atoms with Crippen molar-refractivity contribution in [3.8, 4) is 0 Å². The summed E-state index contributed by atoms with van der Waals surface area (Å²) in [5.74, 6) is 0. The maximum atomic E-state index is 3.79. The Morgan fingerprint density at radius 3 is 2.40 bits per heavy atom. The first kappa shape index (κ1) is 5.79. The molecule has 0 N–H and O–H groups in total. The first-order chi connectivity index (χ1) is 2.41. The minimum Gasteiger partial charge on any atom is -0.198 e. The second-order valence-electron chi connectivity index (χ2n) is 0.878. The standard InChI is InChI=1S/CH6B3I/c1-5-4-3-2/h3-4H,1-2H2. The maximum absolute atomic E-state index is 3.79. The molecule has 0 aromatic carbocycles. The van der Waals surface area contributed by atoms with E-state index in [1.807, 2.05) is 0 Å². The highest BCUT2D eigenvalue weighted by Gasteiger charge is 1.72. The molecule has 0 heterocycles. The minimum absolute atomic E-state index is 0.357. The summed E-state index contributed by atoms with van der Waals surface area (Å²) in [6.07, 6.45) is 0. The normalized spacial score (nSPS) is 6.40. The summed E-state index contributed by atoms with van der Waals surface area (Å²) in [5.41, 5.74) is 0. The fourth-order valence-corrected chi connectivity index (χ4v) is 0.896. The summed E-state index contributed by atoms with van der Waals surface area (Å²) in [4.78, 5) is 0. The SMILES string of the molecule is BBBI=C. The van der Waals surface area contributed by atoms with E-state index in [0.717, 1.165) is 0 Å². The summed E-state index contributed by atoms with van der Waals surface area (Å²) in [7, 11) is 3.53. The molecule has 0 bridgehead atoms. The van der Waals surface area contributed by atoms with Gasteiger partial charge in [0, 0.05) is 0 Å². The van der Waals surface area contributed by atoms with Gasteiger partial charge in [-0.05, 0) is 0 Å². The molecule has 0 amide bonds. The summed E-state index contributed by atoms with van der Waals surface area (Å²) >= 11 is 0.357. The molecule has 0 saturated carbocycles. The van der Waals surface area contributed by atoms with Crippen molar-refractivity contribution in [2.24, 2.45) is 0 Å². The number of hydrogen-bond donors (Lipinski definition) is 0. The van der Waals surface area contributed by atoms with Crippen LogP contribution >= 0.6 is 20.5 Å². The zero-order valence-corrected chi connectivity index (χ0v) is 5.66. The third kappa shape index (κ3) is 4.79. The van der Waals surface area contributed by atoms with Crippen molar-refractivity contribution in [2.45, 2.75) is 0 Å². The first-order valence-corrected chi connectivity index (χ1v) is 4.79. The second kappa shape index (κ2) is 4.79. The molecule has 0 aromatic heterocycles. The van der Waals surface area contributed by atoms with Crippen LogP contribution in [0.25, 0.3) is 0 Å². The van der Waals surface area contributed by atoms with Crippen molar-refractivity contribution in [1.82, 2.24) is 0 Å². The highest BCUT2D eigenvalue weighted by Crippen LogP contribution is 1.77. The number of hydrogen-bond acceptors (Lipinski definition) is 0. The van der Waals surface area contributed by atoms with Gasteiger partial charge in [-0.3, -0.25) is 0 Å². The predicted octanol–water partition coefficient (Wildman–Crippen LogP) is -1.36. The highest BCUT2D eigenvalue weighted by atomic mass is 127. The summed E-state index contributed by atoms with van der Waals surface area (Å²) < 4.78 is 3.79. The summed E-state index contributed by atoms with van der Waals surface area (Å²) in [6.45, 7) is 0. The van der Waals surface area contributed by atoms with E-state index in [0.29, 0.717) is 20.5 Å². The Labute approximate surface area is 45.1 Å². The van der Waals surface area contributed by atoms with Crippen LogP contribution in [0.2, 0.25) is 0 Å². The molecule has 0 fully saturated rings. The van der Waals surface area contributed by atoms with E-state index >= 15 is 0 Å². The second-order valence-corrected chi connectivity index (χ2v) is 3.04. The predicted molar refractivity (Wildman–Crippen MR) is 44.0 cm³/mol. The van der Waals surface area contributed by atoms with E-state index < -0.39 is 0 Å². The van der Waals surface area contributed by atoms with Crippen molar-refractivity contribution in [1.29, 1.82) is 0 Å². The molecule has 0 unspecified atom stereocenters. The molecular weight excluding hydrogens is 171 g/mol. The van der Waals surface area contributed by atoms with Gasteiger partial charge in [0.15, 0.2) is 0 Å². The Morgan fingerprint density at radius 1 is 1.80 bits per heavy atom. The van der Waals surface area contributed by atoms with Crippen LogP contribution in [0.1, 0.15) is 0 Å². The third-order valence-electron chi connectivity index (χ3n) is 0.323. The van der Waals surface area contributed by atoms with Crippen LogP contribution in [0.3, 0.4) is 0 Å². The minimum atomic E-state index is 0.357. The lowest BCUT2D eigenvalue weighted by Gasteiger charge is -1.64. The van der Waals surface area contributed by atoms with Crippen LogP contribution in [-0.2, 0) is 0 Å². The molecule has 0 aliphatic carbocycles. The number of halogens is 1. The molecular formula is CH6B3I. The molecule has 0 atom stereocenters. The van der Waals surface area contributed by atoms with Gasteiger partial charge in [0.1, 0.15) is 5.03 Å². The Balaban J connectivity index is 2.40.